The third-order valence-corrected chi connectivity index (χ3v) is 6.31. The van der Waals surface area contributed by atoms with Crippen LogP contribution in [0.4, 0.5) is 0 Å². The third-order valence-electron chi connectivity index (χ3n) is 6.31. The third kappa shape index (κ3) is 1.03. The van der Waals surface area contributed by atoms with E-state index in [1.165, 1.54) is 0 Å². The molecule has 20 heavy (non-hydrogen) atoms. The summed E-state index contributed by atoms with van der Waals surface area (Å²) in [6.45, 7) is 7.21. The van der Waals surface area contributed by atoms with Crippen LogP contribution < -0.4 is 0 Å². The fraction of sp³-hybridized carbons (Fsp3) is 0.733. The lowest BCUT2D eigenvalue weighted by Crippen LogP contribution is -2.73. The van der Waals surface area contributed by atoms with E-state index in [0.717, 1.165) is 6.42 Å². The van der Waals surface area contributed by atoms with Gasteiger partial charge in [-0.25, -0.2) is 4.79 Å². The van der Waals surface area contributed by atoms with E-state index in [-0.39, 0.29) is 18.9 Å². The first kappa shape index (κ1) is 13.8. The lowest BCUT2D eigenvalue weighted by atomic mass is 9.47. The maximum Gasteiger partial charge on any atom is 0.346 e. The number of aliphatic hydroxyl groups is 2. The molecule has 2 aliphatic carbocycles. The minimum atomic E-state index is -2.24. The number of Topliss-reactive ketones (excluding diaryl/α,β-unsaturated/α-hetero) is 1. The summed E-state index contributed by atoms with van der Waals surface area (Å²) >= 11 is 0. The molecule has 0 aromatic carbocycles. The Morgan fingerprint density at radius 1 is 1.40 bits per heavy atom. The summed E-state index contributed by atoms with van der Waals surface area (Å²) in [5.74, 6) is -1.44. The minimum absolute atomic E-state index is 0.0611. The molecule has 1 saturated heterocycles. The van der Waals surface area contributed by atoms with Crippen molar-refractivity contribution in [1.29, 1.82) is 0 Å². The second kappa shape index (κ2) is 3.52. The summed E-state index contributed by atoms with van der Waals surface area (Å²) in [5, 5.41) is 22.0. The molecule has 0 aromatic rings. The summed E-state index contributed by atoms with van der Waals surface area (Å²) in [5.41, 5.74) is -5.74. The average molecular weight is 280 g/mol. The summed E-state index contributed by atoms with van der Waals surface area (Å²) in [6, 6.07) is 0. The summed E-state index contributed by atoms with van der Waals surface area (Å²) in [6.07, 6.45) is 2.70. The normalized spacial score (nSPS) is 54.3. The Balaban J connectivity index is 2.28. The highest BCUT2D eigenvalue weighted by Gasteiger charge is 2.81. The molecule has 1 aliphatic heterocycles. The fourth-order valence-electron chi connectivity index (χ4n) is 4.75. The molecule has 5 heteroatoms. The van der Waals surface area contributed by atoms with Crippen LogP contribution in [0.3, 0.4) is 0 Å². The SMILES string of the molecule is C=C[C@@]12CC(=O)[C@@]3(O)C(=O)OC[C@@]3(C)[C@]1(O)CC[C@H]2C. The fourth-order valence-corrected chi connectivity index (χ4v) is 4.75. The van der Waals surface area contributed by atoms with Crippen molar-refractivity contribution in [2.45, 2.75) is 44.3 Å². The van der Waals surface area contributed by atoms with Gasteiger partial charge in [0, 0.05) is 11.8 Å². The number of hydrogen-bond donors (Lipinski definition) is 2. The molecule has 0 radical (unpaired) electrons. The number of cyclic esters (lactones) is 1. The number of rotatable bonds is 1. The first-order valence-electron chi connectivity index (χ1n) is 6.98. The molecular formula is C15H20O5. The zero-order valence-corrected chi connectivity index (χ0v) is 11.8. The highest BCUT2D eigenvalue weighted by atomic mass is 16.6. The molecule has 0 spiro atoms. The molecule has 5 atom stereocenters. The number of carbonyl (C=O) groups excluding carboxylic acids is 2. The van der Waals surface area contributed by atoms with E-state index >= 15 is 0 Å². The van der Waals surface area contributed by atoms with Crippen LogP contribution in [0.25, 0.3) is 0 Å². The Labute approximate surface area is 117 Å². The first-order valence-corrected chi connectivity index (χ1v) is 6.98. The van der Waals surface area contributed by atoms with Gasteiger partial charge in [0.15, 0.2) is 5.78 Å². The second-order valence-electron chi connectivity index (χ2n) is 6.76. The topological polar surface area (TPSA) is 83.8 Å². The van der Waals surface area contributed by atoms with Crippen LogP contribution >= 0.6 is 0 Å². The maximum atomic E-state index is 12.5. The Morgan fingerprint density at radius 2 is 2.05 bits per heavy atom. The minimum Gasteiger partial charge on any atom is -0.462 e. The second-order valence-corrected chi connectivity index (χ2v) is 6.76. The van der Waals surface area contributed by atoms with Crippen LogP contribution in [0.1, 0.15) is 33.1 Å². The molecule has 0 unspecified atom stereocenters. The van der Waals surface area contributed by atoms with E-state index < -0.39 is 33.8 Å². The number of ketones is 1. The standard InChI is InChI=1S/C15H20O5/c1-4-13-7-10(16)15(19)11(17)20-8-12(15,3)14(13,18)6-5-9(13)2/h4,9,18-19H,1,5-8H2,2-3H3/t9-,12+,13+,14-,15-/m1/s1. The van der Waals surface area contributed by atoms with E-state index in [1.54, 1.807) is 13.0 Å². The van der Waals surface area contributed by atoms with Gasteiger partial charge in [0.1, 0.15) is 6.61 Å². The molecule has 0 amide bonds. The van der Waals surface area contributed by atoms with E-state index in [0.29, 0.717) is 6.42 Å². The van der Waals surface area contributed by atoms with Gasteiger partial charge in [-0.05, 0) is 25.7 Å². The van der Waals surface area contributed by atoms with Crippen LogP contribution in [0.5, 0.6) is 0 Å². The lowest BCUT2D eigenvalue weighted by Gasteiger charge is -2.57. The Kier molecular flexibility index (Phi) is 2.42. The number of fused-ring (bicyclic) bond motifs is 3. The predicted octanol–water partition coefficient (Wildman–Crippen LogP) is 0.587. The molecule has 1 heterocycles. The van der Waals surface area contributed by atoms with Gasteiger partial charge in [-0.15, -0.1) is 6.58 Å². The van der Waals surface area contributed by atoms with Gasteiger partial charge >= 0.3 is 5.97 Å². The zero-order valence-electron chi connectivity index (χ0n) is 11.8. The number of esters is 1. The number of ether oxygens (including phenoxy) is 1. The van der Waals surface area contributed by atoms with Crippen molar-refractivity contribution >= 4 is 11.8 Å². The van der Waals surface area contributed by atoms with Crippen molar-refractivity contribution in [2.24, 2.45) is 16.7 Å². The maximum absolute atomic E-state index is 12.5. The Morgan fingerprint density at radius 3 is 2.65 bits per heavy atom. The zero-order chi connectivity index (χ0) is 15.0. The molecule has 0 bridgehead atoms. The lowest BCUT2D eigenvalue weighted by molar-refractivity contribution is -0.225. The van der Waals surface area contributed by atoms with Crippen LogP contribution in [0.2, 0.25) is 0 Å². The molecule has 110 valence electrons. The van der Waals surface area contributed by atoms with Crippen molar-refractivity contribution < 1.29 is 24.5 Å². The monoisotopic (exact) mass is 280 g/mol. The van der Waals surface area contributed by atoms with Gasteiger partial charge < -0.3 is 14.9 Å². The van der Waals surface area contributed by atoms with Crippen LogP contribution in [0, 0.1) is 16.7 Å². The van der Waals surface area contributed by atoms with E-state index in [4.69, 9.17) is 4.74 Å². The van der Waals surface area contributed by atoms with Gasteiger partial charge in [-0.3, -0.25) is 4.79 Å². The first-order chi connectivity index (χ1) is 9.19. The van der Waals surface area contributed by atoms with Crippen LogP contribution in [-0.2, 0) is 14.3 Å². The Hall–Kier alpha value is -1.20. The Bertz CT molecular complexity index is 528. The van der Waals surface area contributed by atoms with E-state index in [9.17, 15) is 19.8 Å². The summed E-state index contributed by atoms with van der Waals surface area (Å²) in [4.78, 5) is 24.4. The van der Waals surface area contributed by atoms with E-state index in [2.05, 4.69) is 6.58 Å². The van der Waals surface area contributed by atoms with Gasteiger partial charge in [0.2, 0.25) is 5.60 Å². The summed E-state index contributed by atoms with van der Waals surface area (Å²) < 4.78 is 4.97. The van der Waals surface area contributed by atoms with E-state index in [1.807, 2.05) is 6.92 Å². The van der Waals surface area contributed by atoms with Gasteiger partial charge in [0.05, 0.1) is 11.0 Å². The molecule has 2 N–H and O–H groups in total. The van der Waals surface area contributed by atoms with Crippen molar-refractivity contribution in [2.75, 3.05) is 6.61 Å². The summed E-state index contributed by atoms with van der Waals surface area (Å²) in [7, 11) is 0. The number of carbonyl (C=O) groups is 2. The molecule has 3 fully saturated rings. The van der Waals surface area contributed by atoms with Gasteiger partial charge in [-0.2, -0.15) is 0 Å². The van der Waals surface area contributed by atoms with Crippen molar-refractivity contribution in [3.63, 3.8) is 0 Å². The molecule has 2 saturated carbocycles. The molecule has 5 nitrogen and oxygen atoms in total. The largest absolute Gasteiger partial charge is 0.462 e. The highest BCUT2D eigenvalue weighted by Crippen LogP contribution is 2.68. The predicted molar refractivity (Wildman–Crippen MR) is 69.6 cm³/mol. The van der Waals surface area contributed by atoms with Crippen LogP contribution in [-0.4, -0.2) is 39.8 Å². The highest BCUT2D eigenvalue weighted by molar-refractivity contribution is 6.10. The van der Waals surface area contributed by atoms with Crippen molar-refractivity contribution in [3.05, 3.63) is 12.7 Å². The van der Waals surface area contributed by atoms with Crippen molar-refractivity contribution in [3.8, 4) is 0 Å². The van der Waals surface area contributed by atoms with Crippen molar-refractivity contribution in [1.82, 2.24) is 0 Å². The smallest absolute Gasteiger partial charge is 0.346 e. The number of hydrogen-bond acceptors (Lipinski definition) is 5. The average Bonchev–Trinajstić information content (AvgIpc) is 2.81. The van der Waals surface area contributed by atoms with Gasteiger partial charge in [-0.1, -0.05) is 13.0 Å². The molecule has 0 aromatic heterocycles. The molecule has 3 aliphatic rings. The quantitative estimate of drug-likeness (QED) is 0.417. The molecular weight excluding hydrogens is 260 g/mol. The molecule has 3 rings (SSSR count). The van der Waals surface area contributed by atoms with Gasteiger partial charge in [0.25, 0.3) is 0 Å². The van der Waals surface area contributed by atoms with Crippen LogP contribution in [0.15, 0.2) is 12.7 Å².